The molecule has 1 aromatic carbocycles. The molecule has 0 radical (unpaired) electrons. The summed E-state index contributed by atoms with van der Waals surface area (Å²) in [5.74, 6) is 0.687. The maximum absolute atomic E-state index is 12.0. The van der Waals surface area contributed by atoms with Crippen LogP contribution in [0, 0.1) is 5.41 Å². The van der Waals surface area contributed by atoms with Crippen molar-refractivity contribution in [1.29, 1.82) is 0 Å². The molecule has 2 N–H and O–H groups in total. The van der Waals surface area contributed by atoms with Gasteiger partial charge in [0.05, 0.1) is 11.1 Å². The first-order valence-electron chi connectivity index (χ1n) is 11.2. The van der Waals surface area contributed by atoms with E-state index in [4.69, 9.17) is 16.3 Å². The predicted molar refractivity (Wildman–Crippen MR) is 122 cm³/mol. The molecule has 1 heterocycles. The van der Waals surface area contributed by atoms with Gasteiger partial charge in [-0.2, -0.15) is 0 Å². The molecular formula is C24H35ClN2O2. The van der Waals surface area contributed by atoms with Crippen molar-refractivity contribution in [2.45, 2.75) is 84.3 Å². The lowest BCUT2D eigenvalue weighted by molar-refractivity contribution is 0.0462. The molecule has 1 fully saturated rings. The summed E-state index contributed by atoms with van der Waals surface area (Å²) < 4.78 is 6.32. The van der Waals surface area contributed by atoms with E-state index < -0.39 is 0 Å². The lowest BCUT2D eigenvalue weighted by atomic mass is 9.66. The van der Waals surface area contributed by atoms with Gasteiger partial charge >= 0.3 is 0 Å². The van der Waals surface area contributed by atoms with E-state index in [1.165, 1.54) is 38.5 Å². The normalized spacial score (nSPS) is 23.2. The maximum atomic E-state index is 12.0. The molecule has 1 aliphatic rings. The van der Waals surface area contributed by atoms with Gasteiger partial charge in [-0.3, -0.25) is 4.79 Å². The molecule has 2 aromatic rings. The van der Waals surface area contributed by atoms with Crippen LogP contribution in [0.3, 0.4) is 0 Å². The Morgan fingerprint density at radius 2 is 2.03 bits per heavy atom. The predicted octanol–water partition coefficient (Wildman–Crippen LogP) is 6.07. The fraction of sp³-hybridized carbons (Fsp3) is 0.625. The van der Waals surface area contributed by atoms with Gasteiger partial charge in [0, 0.05) is 17.6 Å². The van der Waals surface area contributed by atoms with Crippen molar-refractivity contribution in [2.24, 2.45) is 5.41 Å². The average Bonchev–Trinajstić information content (AvgIpc) is 2.73. The minimum Gasteiger partial charge on any atom is -0.489 e. The Labute approximate surface area is 179 Å². The van der Waals surface area contributed by atoms with Crippen LogP contribution in [0.2, 0.25) is 5.02 Å². The first kappa shape index (κ1) is 22.2. The van der Waals surface area contributed by atoms with E-state index in [1.54, 1.807) is 12.3 Å². The molecule has 0 bridgehead atoms. The van der Waals surface area contributed by atoms with Crippen molar-refractivity contribution < 1.29 is 4.74 Å². The van der Waals surface area contributed by atoms with Crippen molar-refractivity contribution in [3.05, 3.63) is 39.8 Å². The van der Waals surface area contributed by atoms with Gasteiger partial charge in [0.25, 0.3) is 5.56 Å². The molecule has 0 amide bonds. The highest BCUT2D eigenvalue weighted by molar-refractivity contribution is 6.32. The zero-order valence-electron chi connectivity index (χ0n) is 18.0. The largest absolute Gasteiger partial charge is 0.489 e. The number of hydrogen-bond acceptors (Lipinski definition) is 3. The summed E-state index contributed by atoms with van der Waals surface area (Å²) in [6.45, 7) is 8.00. The monoisotopic (exact) mass is 418 g/mol. The molecule has 1 aromatic heterocycles. The second-order valence-electron chi connectivity index (χ2n) is 8.48. The van der Waals surface area contributed by atoms with Crippen LogP contribution in [0.4, 0.5) is 0 Å². The standard InChI is InChI=1S/C24H35ClN2O2/c1-4-7-13-26-22(5-2)24(6-3)11-8-18(9-12-24)29-21-15-17-10-14-27-23(28)19(17)16-20(21)25/h10,14-16,18,22,26H,4-9,11-13H2,1-3H3,(H,27,28)/t18-,22?,24+. The number of fused-ring (bicyclic) bond motifs is 1. The van der Waals surface area contributed by atoms with Crippen LogP contribution in [0.25, 0.3) is 10.8 Å². The Hall–Kier alpha value is -1.52. The summed E-state index contributed by atoms with van der Waals surface area (Å²) >= 11 is 6.43. The van der Waals surface area contributed by atoms with Crippen LogP contribution < -0.4 is 15.6 Å². The van der Waals surface area contributed by atoms with E-state index in [0.29, 0.717) is 27.6 Å². The molecule has 1 unspecified atom stereocenters. The van der Waals surface area contributed by atoms with Gasteiger partial charge in [0.15, 0.2) is 0 Å². The van der Waals surface area contributed by atoms with Crippen molar-refractivity contribution in [1.82, 2.24) is 10.3 Å². The number of unbranched alkanes of at least 4 members (excludes halogenated alkanes) is 1. The van der Waals surface area contributed by atoms with Gasteiger partial charge in [0.1, 0.15) is 5.75 Å². The molecule has 3 rings (SSSR count). The average molecular weight is 419 g/mol. The van der Waals surface area contributed by atoms with Crippen molar-refractivity contribution in [2.75, 3.05) is 6.54 Å². The number of pyridine rings is 1. The van der Waals surface area contributed by atoms with Crippen molar-refractivity contribution >= 4 is 22.4 Å². The number of aromatic amines is 1. The Bertz CT molecular complexity index is 856. The van der Waals surface area contributed by atoms with Crippen LogP contribution >= 0.6 is 11.6 Å². The van der Waals surface area contributed by atoms with E-state index in [2.05, 4.69) is 31.1 Å². The first-order chi connectivity index (χ1) is 14.0. The summed E-state index contributed by atoms with van der Waals surface area (Å²) in [7, 11) is 0. The Morgan fingerprint density at radius 1 is 1.28 bits per heavy atom. The van der Waals surface area contributed by atoms with Gasteiger partial charge in [-0.25, -0.2) is 0 Å². The van der Waals surface area contributed by atoms with E-state index >= 15 is 0 Å². The van der Waals surface area contributed by atoms with Crippen LogP contribution in [-0.2, 0) is 0 Å². The third-order valence-electron chi connectivity index (χ3n) is 6.82. The van der Waals surface area contributed by atoms with Gasteiger partial charge in [0.2, 0.25) is 0 Å². The zero-order valence-corrected chi connectivity index (χ0v) is 18.8. The van der Waals surface area contributed by atoms with Gasteiger partial charge in [-0.1, -0.05) is 38.8 Å². The zero-order chi connectivity index (χ0) is 20.9. The molecule has 0 saturated heterocycles. The molecule has 1 atom stereocenters. The maximum Gasteiger partial charge on any atom is 0.255 e. The fourth-order valence-corrected chi connectivity index (χ4v) is 5.15. The van der Waals surface area contributed by atoms with Crippen LogP contribution in [0.5, 0.6) is 5.75 Å². The summed E-state index contributed by atoms with van der Waals surface area (Å²) in [6, 6.07) is 6.08. The number of nitrogens with one attached hydrogen (secondary N) is 2. The summed E-state index contributed by atoms with van der Waals surface area (Å²) in [4.78, 5) is 14.7. The first-order valence-corrected chi connectivity index (χ1v) is 11.6. The lowest BCUT2D eigenvalue weighted by Crippen LogP contribution is -2.48. The Balaban J connectivity index is 1.68. The second-order valence-corrected chi connectivity index (χ2v) is 8.89. The molecule has 4 nitrogen and oxygen atoms in total. The minimum absolute atomic E-state index is 0.123. The number of H-pyrrole nitrogens is 1. The molecule has 0 spiro atoms. The van der Waals surface area contributed by atoms with E-state index in [0.717, 1.165) is 24.8 Å². The second kappa shape index (κ2) is 9.99. The number of ether oxygens (including phenoxy) is 1. The highest BCUT2D eigenvalue weighted by atomic mass is 35.5. The molecule has 5 heteroatoms. The smallest absolute Gasteiger partial charge is 0.255 e. The summed E-state index contributed by atoms with van der Waals surface area (Å²) in [5.41, 5.74) is 0.241. The minimum atomic E-state index is -0.123. The quantitative estimate of drug-likeness (QED) is 0.486. The van der Waals surface area contributed by atoms with Gasteiger partial charge in [-0.15, -0.1) is 0 Å². The number of aromatic nitrogens is 1. The third kappa shape index (κ3) is 4.97. The van der Waals surface area contributed by atoms with Crippen LogP contribution in [-0.4, -0.2) is 23.7 Å². The molecular weight excluding hydrogens is 384 g/mol. The molecule has 29 heavy (non-hydrogen) atoms. The topological polar surface area (TPSA) is 54.1 Å². The van der Waals surface area contributed by atoms with Crippen LogP contribution in [0.1, 0.15) is 72.1 Å². The number of rotatable bonds is 9. The molecule has 0 aliphatic heterocycles. The van der Waals surface area contributed by atoms with Crippen molar-refractivity contribution in [3.63, 3.8) is 0 Å². The van der Waals surface area contributed by atoms with Crippen molar-refractivity contribution in [3.8, 4) is 5.75 Å². The van der Waals surface area contributed by atoms with Gasteiger partial charge < -0.3 is 15.0 Å². The number of halogens is 1. The van der Waals surface area contributed by atoms with E-state index in [9.17, 15) is 4.79 Å². The SMILES string of the molecule is CCCCNC(CC)[C@]1(CC)CC[C@H](Oc2cc3cc[nH]c(=O)c3cc2Cl)CC1. The highest BCUT2D eigenvalue weighted by Crippen LogP contribution is 2.44. The summed E-state index contributed by atoms with van der Waals surface area (Å²) in [6.07, 6.45) is 11.1. The van der Waals surface area contributed by atoms with E-state index in [1.807, 2.05) is 12.1 Å². The van der Waals surface area contributed by atoms with Gasteiger partial charge in [-0.05, 0) is 80.5 Å². The third-order valence-corrected chi connectivity index (χ3v) is 7.12. The highest BCUT2D eigenvalue weighted by Gasteiger charge is 2.40. The molecule has 160 valence electrons. The Morgan fingerprint density at radius 3 is 2.69 bits per heavy atom. The molecule has 1 saturated carbocycles. The van der Waals surface area contributed by atoms with E-state index in [-0.39, 0.29) is 11.7 Å². The van der Waals surface area contributed by atoms with Crippen LogP contribution in [0.15, 0.2) is 29.2 Å². The molecule has 1 aliphatic carbocycles. The lowest BCUT2D eigenvalue weighted by Gasteiger charge is -2.45. The number of benzene rings is 1. The Kier molecular flexibility index (Phi) is 7.64. The fourth-order valence-electron chi connectivity index (χ4n) is 4.94. The number of hydrogen-bond donors (Lipinski definition) is 2. The summed E-state index contributed by atoms with van der Waals surface area (Å²) in [5, 5.41) is 5.80.